The summed E-state index contributed by atoms with van der Waals surface area (Å²) in [6.45, 7) is 4.26. The first kappa shape index (κ1) is 13.8. The normalized spacial score (nSPS) is 10.3. The van der Waals surface area contributed by atoms with Gasteiger partial charge in [-0.05, 0) is 31.5 Å². The van der Waals surface area contributed by atoms with E-state index in [0.717, 1.165) is 16.3 Å². The molecular formula is C13H14ClN3OS. The van der Waals surface area contributed by atoms with Crippen LogP contribution in [0.15, 0.2) is 23.6 Å². The van der Waals surface area contributed by atoms with Gasteiger partial charge in [0.1, 0.15) is 5.01 Å². The van der Waals surface area contributed by atoms with Crippen molar-refractivity contribution < 1.29 is 4.79 Å². The van der Waals surface area contributed by atoms with E-state index in [2.05, 4.69) is 15.6 Å². The molecule has 1 aromatic carbocycles. The van der Waals surface area contributed by atoms with E-state index in [1.165, 1.54) is 11.3 Å². The Labute approximate surface area is 120 Å². The van der Waals surface area contributed by atoms with Gasteiger partial charge in [0, 0.05) is 21.8 Å². The molecule has 0 saturated carbocycles. The van der Waals surface area contributed by atoms with Crippen LogP contribution >= 0.6 is 22.9 Å². The van der Waals surface area contributed by atoms with Crippen LogP contribution in [0.3, 0.4) is 0 Å². The molecule has 0 atom stereocenters. The van der Waals surface area contributed by atoms with Crippen LogP contribution in [0.25, 0.3) is 0 Å². The van der Waals surface area contributed by atoms with Crippen molar-refractivity contribution in [3.63, 3.8) is 0 Å². The number of benzene rings is 1. The lowest BCUT2D eigenvalue weighted by Crippen LogP contribution is -2.28. The lowest BCUT2D eigenvalue weighted by molar-refractivity contribution is 0.251. The minimum Gasteiger partial charge on any atom is -0.331 e. The highest BCUT2D eigenvalue weighted by atomic mass is 35.5. The Morgan fingerprint density at radius 2 is 2.21 bits per heavy atom. The summed E-state index contributed by atoms with van der Waals surface area (Å²) < 4.78 is 0. The molecule has 0 aliphatic rings. The van der Waals surface area contributed by atoms with Crippen LogP contribution in [0.4, 0.5) is 10.5 Å². The summed E-state index contributed by atoms with van der Waals surface area (Å²) in [6.07, 6.45) is 0. The zero-order valence-electron chi connectivity index (χ0n) is 10.7. The largest absolute Gasteiger partial charge is 0.331 e. The maximum atomic E-state index is 11.7. The van der Waals surface area contributed by atoms with Crippen LogP contribution in [0.2, 0.25) is 5.02 Å². The molecule has 0 radical (unpaired) electrons. The van der Waals surface area contributed by atoms with Crippen LogP contribution in [-0.2, 0) is 6.54 Å². The molecule has 0 fully saturated rings. The number of carbonyl (C=O) groups is 1. The van der Waals surface area contributed by atoms with Gasteiger partial charge in [-0.1, -0.05) is 17.7 Å². The summed E-state index contributed by atoms with van der Waals surface area (Å²) in [6, 6.07) is 5.13. The number of aryl methyl sites for hydroxylation is 2. The number of carbonyl (C=O) groups excluding carboxylic acids is 1. The van der Waals surface area contributed by atoms with E-state index >= 15 is 0 Å². The molecule has 1 heterocycles. The lowest BCUT2D eigenvalue weighted by Gasteiger charge is -2.07. The van der Waals surface area contributed by atoms with Crippen molar-refractivity contribution in [2.45, 2.75) is 20.4 Å². The molecule has 2 aromatic rings. The van der Waals surface area contributed by atoms with Gasteiger partial charge in [0.2, 0.25) is 0 Å². The summed E-state index contributed by atoms with van der Waals surface area (Å²) in [7, 11) is 0. The number of hydrogen-bond donors (Lipinski definition) is 2. The number of hydrogen-bond acceptors (Lipinski definition) is 3. The van der Waals surface area contributed by atoms with Crippen molar-refractivity contribution in [3.05, 3.63) is 44.9 Å². The minimum atomic E-state index is -0.271. The average Bonchev–Trinajstić information content (AvgIpc) is 2.77. The Balaban J connectivity index is 1.88. The fourth-order valence-electron chi connectivity index (χ4n) is 1.49. The summed E-state index contributed by atoms with van der Waals surface area (Å²) in [4.78, 5) is 16.0. The van der Waals surface area contributed by atoms with E-state index < -0.39 is 0 Å². The number of thiazole rings is 1. The van der Waals surface area contributed by atoms with Gasteiger partial charge in [0.05, 0.1) is 6.54 Å². The highest BCUT2D eigenvalue weighted by molar-refractivity contribution is 7.09. The maximum Gasteiger partial charge on any atom is 0.319 e. The second-order valence-electron chi connectivity index (χ2n) is 4.15. The van der Waals surface area contributed by atoms with Crippen LogP contribution in [0.5, 0.6) is 0 Å². The number of nitrogens with zero attached hydrogens (tertiary/aromatic N) is 1. The molecule has 4 nitrogen and oxygen atoms in total. The van der Waals surface area contributed by atoms with E-state index in [0.29, 0.717) is 17.3 Å². The molecule has 2 N–H and O–H groups in total. The smallest absolute Gasteiger partial charge is 0.319 e. The molecule has 100 valence electrons. The Kier molecular flexibility index (Phi) is 4.39. The zero-order chi connectivity index (χ0) is 13.8. The van der Waals surface area contributed by atoms with Gasteiger partial charge < -0.3 is 10.6 Å². The second kappa shape index (κ2) is 6.04. The van der Waals surface area contributed by atoms with Gasteiger partial charge in [-0.3, -0.25) is 0 Å². The van der Waals surface area contributed by atoms with E-state index in [4.69, 9.17) is 11.6 Å². The van der Waals surface area contributed by atoms with Crippen LogP contribution in [0, 0.1) is 13.8 Å². The Hall–Kier alpha value is -1.59. The Morgan fingerprint density at radius 1 is 1.42 bits per heavy atom. The van der Waals surface area contributed by atoms with Crippen molar-refractivity contribution in [1.29, 1.82) is 0 Å². The molecule has 0 unspecified atom stereocenters. The zero-order valence-corrected chi connectivity index (χ0v) is 12.2. The van der Waals surface area contributed by atoms with Crippen LogP contribution < -0.4 is 10.6 Å². The Morgan fingerprint density at radius 3 is 2.84 bits per heavy atom. The molecule has 0 aliphatic carbocycles. The van der Waals surface area contributed by atoms with Crippen molar-refractivity contribution in [2.75, 3.05) is 5.32 Å². The monoisotopic (exact) mass is 295 g/mol. The predicted octanol–water partition coefficient (Wildman–Crippen LogP) is 3.74. The van der Waals surface area contributed by atoms with Gasteiger partial charge in [-0.15, -0.1) is 11.3 Å². The second-order valence-corrected chi connectivity index (χ2v) is 5.50. The fraction of sp³-hybridized carbons (Fsp3) is 0.231. The lowest BCUT2D eigenvalue weighted by atomic mass is 10.2. The minimum absolute atomic E-state index is 0.271. The molecule has 2 rings (SSSR count). The molecule has 6 heteroatoms. The van der Waals surface area contributed by atoms with Gasteiger partial charge in [-0.25, -0.2) is 9.78 Å². The molecule has 0 bridgehead atoms. The maximum absolute atomic E-state index is 11.7. The Bertz CT molecular complexity index is 597. The molecular weight excluding hydrogens is 282 g/mol. The van der Waals surface area contributed by atoms with Crippen molar-refractivity contribution in [1.82, 2.24) is 10.3 Å². The van der Waals surface area contributed by atoms with Crippen LogP contribution in [-0.4, -0.2) is 11.0 Å². The quantitative estimate of drug-likeness (QED) is 0.906. The fourth-order valence-corrected chi connectivity index (χ4v) is 2.38. The molecule has 0 aliphatic heterocycles. The van der Waals surface area contributed by atoms with E-state index in [1.807, 2.05) is 31.4 Å². The first-order valence-electron chi connectivity index (χ1n) is 5.76. The molecule has 0 spiro atoms. The number of nitrogens with one attached hydrogen (secondary N) is 2. The topological polar surface area (TPSA) is 54.0 Å². The summed E-state index contributed by atoms with van der Waals surface area (Å²) in [5.41, 5.74) is 2.61. The van der Waals surface area contributed by atoms with E-state index in [-0.39, 0.29) is 6.03 Å². The number of halogens is 1. The van der Waals surface area contributed by atoms with Gasteiger partial charge in [0.25, 0.3) is 0 Å². The van der Waals surface area contributed by atoms with E-state index in [1.54, 1.807) is 6.07 Å². The molecule has 2 amide bonds. The first-order chi connectivity index (χ1) is 9.04. The number of anilines is 1. The highest BCUT2D eigenvalue weighted by Gasteiger charge is 2.05. The molecule has 1 aromatic heterocycles. The van der Waals surface area contributed by atoms with Crippen molar-refractivity contribution >= 4 is 34.7 Å². The predicted molar refractivity (Wildman–Crippen MR) is 78.9 cm³/mol. The van der Waals surface area contributed by atoms with Crippen LogP contribution in [0.1, 0.15) is 16.3 Å². The summed E-state index contributed by atoms with van der Waals surface area (Å²) in [5, 5.41) is 8.95. The number of aromatic nitrogens is 1. The van der Waals surface area contributed by atoms with E-state index in [9.17, 15) is 4.79 Å². The third kappa shape index (κ3) is 3.94. The van der Waals surface area contributed by atoms with Gasteiger partial charge in [-0.2, -0.15) is 0 Å². The average molecular weight is 296 g/mol. The highest BCUT2D eigenvalue weighted by Crippen LogP contribution is 2.19. The summed E-state index contributed by atoms with van der Waals surface area (Å²) >= 11 is 7.52. The van der Waals surface area contributed by atoms with Gasteiger partial charge in [0.15, 0.2) is 0 Å². The third-order valence-electron chi connectivity index (χ3n) is 2.50. The van der Waals surface area contributed by atoms with Gasteiger partial charge >= 0.3 is 6.03 Å². The standard InChI is InChI=1S/C13H14ClN3OS/c1-8-3-4-10(5-11(8)14)17-13(18)15-6-12-16-9(2)7-19-12/h3-5,7H,6H2,1-2H3,(H2,15,17,18). The summed E-state index contributed by atoms with van der Waals surface area (Å²) in [5.74, 6) is 0. The van der Waals surface area contributed by atoms with Crippen molar-refractivity contribution in [3.8, 4) is 0 Å². The molecule has 0 saturated heterocycles. The van der Waals surface area contributed by atoms with Crippen molar-refractivity contribution in [2.24, 2.45) is 0 Å². The first-order valence-corrected chi connectivity index (χ1v) is 7.02. The third-order valence-corrected chi connectivity index (χ3v) is 3.87. The number of urea groups is 1. The number of rotatable bonds is 3. The number of amides is 2. The SMILES string of the molecule is Cc1csc(CNC(=O)Nc2ccc(C)c(Cl)c2)n1. The molecule has 19 heavy (non-hydrogen) atoms.